The fraction of sp³-hybridized carbons (Fsp3) is 0.364. The number of hydrogen-bond donors (Lipinski definition) is 2. The summed E-state index contributed by atoms with van der Waals surface area (Å²) in [5.74, 6) is 5.36. The first kappa shape index (κ1) is 12.8. The number of nitrogens with two attached hydrogens (primary N) is 1. The van der Waals surface area contributed by atoms with Gasteiger partial charge in [0.15, 0.2) is 0 Å². The topological polar surface area (TPSA) is 64.3 Å². The zero-order valence-electron chi connectivity index (χ0n) is 9.29. The third kappa shape index (κ3) is 3.12. The second-order valence-corrected chi connectivity index (χ2v) is 4.48. The van der Waals surface area contributed by atoms with Gasteiger partial charge in [-0.1, -0.05) is 23.7 Å². The summed E-state index contributed by atoms with van der Waals surface area (Å²) in [5, 5.41) is 0.520. The van der Waals surface area contributed by atoms with Crippen LogP contribution in [0.3, 0.4) is 0 Å². The van der Waals surface area contributed by atoms with Gasteiger partial charge in [0.05, 0.1) is 10.4 Å². The van der Waals surface area contributed by atoms with E-state index in [9.17, 15) is 4.79 Å². The number of hydrazine groups is 1. The van der Waals surface area contributed by atoms with E-state index in [0.29, 0.717) is 10.8 Å². The van der Waals surface area contributed by atoms with Crippen LogP contribution in [0.15, 0.2) is 24.3 Å². The van der Waals surface area contributed by atoms with Gasteiger partial charge in [-0.15, -0.1) is 0 Å². The third-order valence-electron chi connectivity index (χ3n) is 2.17. The standard InChI is InChI=1S/C11H15ClN2O2/c1-11(2,10(15)14-13)7-16-9-6-4-3-5-8(9)12/h3-6H,7,13H2,1-2H3,(H,14,15). The Morgan fingerprint density at radius 1 is 1.50 bits per heavy atom. The van der Waals surface area contributed by atoms with Crippen molar-refractivity contribution in [2.24, 2.45) is 11.3 Å². The minimum absolute atomic E-state index is 0.208. The summed E-state index contributed by atoms with van der Waals surface area (Å²) in [6.07, 6.45) is 0. The Kier molecular flexibility index (Phi) is 4.15. The van der Waals surface area contributed by atoms with Gasteiger partial charge in [-0.05, 0) is 26.0 Å². The first-order chi connectivity index (χ1) is 7.47. The zero-order chi connectivity index (χ0) is 12.2. The van der Waals surface area contributed by atoms with Crippen LogP contribution in [0, 0.1) is 5.41 Å². The van der Waals surface area contributed by atoms with Crippen molar-refractivity contribution >= 4 is 17.5 Å². The fourth-order valence-corrected chi connectivity index (χ4v) is 1.27. The second-order valence-electron chi connectivity index (χ2n) is 4.08. The van der Waals surface area contributed by atoms with E-state index >= 15 is 0 Å². The Bertz CT molecular complexity index is 380. The molecule has 0 saturated heterocycles. The summed E-state index contributed by atoms with van der Waals surface area (Å²) in [5.41, 5.74) is 1.40. The molecule has 0 unspecified atom stereocenters. The molecule has 1 aromatic carbocycles. The molecule has 0 spiro atoms. The van der Waals surface area contributed by atoms with Crippen LogP contribution in [0.4, 0.5) is 0 Å². The maximum Gasteiger partial charge on any atom is 0.242 e. The van der Waals surface area contributed by atoms with E-state index < -0.39 is 5.41 Å². The number of para-hydroxylation sites is 1. The Balaban J connectivity index is 2.65. The molecule has 0 heterocycles. The van der Waals surface area contributed by atoms with Crippen molar-refractivity contribution in [1.29, 1.82) is 0 Å². The molecule has 0 aliphatic heterocycles. The molecule has 16 heavy (non-hydrogen) atoms. The highest BCUT2D eigenvalue weighted by atomic mass is 35.5. The Hall–Kier alpha value is -1.26. The first-order valence-electron chi connectivity index (χ1n) is 4.86. The molecule has 1 aromatic rings. The van der Waals surface area contributed by atoms with Crippen molar-refractivity contribution in [3.05, 3.63) is 29.3 Å². The Morgan fingerprint density at radius 2 is 2.12 bits per heavy atom. The number of halogens is 1. The van der Waals surface area contributed by atoms with Crippen molar-refractivity contribution in [3.63, 3.8) is 0 Å². The highest BCUT2D eigenvalue weighted by Gasteiger charge is 2.28. The summed E-state index contributed by atoms with van der Waals surface area (Å²) >= 11 is 5.92. The van der Waals surface area contributed by atoms with Crippen LogP contribution in [0.5, 0.6) is 5.75 Å². The highest BCUT2D eigenvalue weighted by Crippen LogP contribution is 2.25. The van der Waals surface area contributed by atoms with E-state index in [0.717, 1.165) is 0 Å². The van der Waals surface area contributed by atoms with Crippen molar-refractivity contribution in [3.8, 4) is 5.75 Å². The first-order valence-corrected chi connectivity index (χ1v) is 5.23. The monoisotopic (exact) mass is 242 g/mol. The predicted octanol–water partition coefficient (Wildman–Crippen LogP) is 1.73. The van der Waals surface area contributed by atoms with Gasteiger partial charge in [0.1, 0.15) is 12.4 Å². The molecule has 1 amide bonds. The van der Waals surface area contributed by atoms with Gasteiger partial charge in [0.25, 0.3) is 0 Å². The van der Waals surface area contributed by atoms with Gasteiger partial charge < -0.3 is 4.74 Å². The second kappa shape index (κ2) is 5.18. The molecule has 0 atom stereocenters. The van der Waals surface area contributed by atoms with Crippen LogP contribution in [0.1, 0.15) is 13.8 Å². The molecule has 88 valence electrons. The normalized spacial score (nSPS) is 11.0. The van der Waals surface area contributed by atoms with Crippen LogP contribution in [0.25, 0.3) is 0 Å². The van der Waals surface area contributed by atoms with Gasteiger partial charge >= 0.3 is 0 Å². The molecule has 5 heteroatoms. The number of amides is 1. The minimum atomic E-state index is -0.700. The number of nitrogens with one attached hydrogen (secondary N) is 1. The maximum atomic E-state index is 11.4. The van der Waals surface area contributed by atoms with E-state index in [-0.39, 0.29) is 12.5 Å². The van der Waals surface area contributed by atoms with E-state index in [1.807, 2.05) is 12.1 Å². The van der Waals surface area contributed by atoms with Crippen molar-refractivity contribution in [2.45, 2.75) is 13.8 Å². The summed E-state index contributed by atoms with van der Waals surface area (Å²) in [7, 11) is 0. The molecule has 0 bridgehead atoms. The number of benzene rings is 1. The number of ether oxygens (including phenoxy) is 1. The molecule has 4 nitrogen and oxygen atoms in total. The molecule has 0 radical (unpaired) electrons. The van der Waals surface area contributed by atoms with E-state index in [2.05, 4.69) is 5.43 Å². The lowest BCUT2D eigenvalue weighted by Gasteiger charge is -2.22. The number of carbonyl (C=O) groups excluding carboxylic acids is 1. The smallest absolute Gasteiger partial charge is 0.242 e. The molecule has 0 saturated carbocycles. The molecule has 1 rings (SSSR count). The summed E-state index contributed by atoms with van der Waals surface area (Å²) in [6, 6.07) is 7.11. The summed E-state index contributed by atoms with van der Waals surface area (Å²) in [6.45, 7) is 3.69. The quantitative estimate of drug-likeness (QED) is 0.480. The average Bonchev–Trinajstić information content (AvgIpc) is 2.27. The summed E-state index contributed by atoms with van der Waals surface area (Å²) < 4.78 is 5.48. The number of carbonyl (C=O) groups is 1. The lowest BCUT2D eigenvalue weighted by molar-refractivity contribution is -0.130. The maximum absolute atomic E-state index is 11.4. The van der Waals surface area contributed by atoms with E-state index in [4.69, 9.17) is 22.2 Å². The highest BCUT2D eigenvalue weighted by molar-refractivity contribution is 6.32. The van der Waals surface area contributed by atoms with Crippen molar-refractivity contribution < 1.29 is 9.53 Å². The third-order valence-corrected chi connectivity index (χ3v) is 2.48. The van der Waals surface area contributed by atoms with Crippen molar-refractivity contribution in [1.82, 2.24) is 5.43 Å². The van der Waals surface area contributed by atoms with Gasteiger partial charge in [-0.2, -0.15) is 0 Å². The lowest BCUT2D eigenvalue weighted by Crippen LogP contribution is -2.44. The number of hydrogen-bond acceptors (Lipinski definition) is 3. The molecule has 3 N–H and O–H groups in total. The Morgan fingerprint density at radius 3 is 2.69 bits per heavy atom. The van der Waals surface area contributed by atoms with Gasteiger partial charge in [0, 0.05) is 0 Å². The van der Waals surface area contributed by atoms with Crippen LogP contribution >= 0.6 is 11.6 Å². The summed E-state index contributed by atoms with van der Waals surface area (Å²) in [4.78, 5) is 11.4. The fourth-order valence-electron chi connectivity index (χ4n) is 1.08. The van der Waals surface area contributed by atoms with E-state index in [1.54, 1.807) is 26.0 Å². The average molecular weight is 243 g/mol. The molecule has 0 aliphatic rings. The van der Waals surface area contributed by atoms with Gasteiger partial charge in [0.2, 0.25) is 5.91 Å². The molecular weight excluding hydrogens is 228 g/mol. The largest absolute Gasteiger partial charge is 0.491 e. The van der Waals surface area contributed by atoms with Crippen molar-refractivity contribution in [2.75, 3.05) is 6.61 Å². The molecular formula is C11H15ClN2O2. The molecule has 0 aliphatic carbocycles. The van der Waals surface area contributed by atoms with Crippen LogP contribution in [-0.2, 0) is 4.79 Å². The predicted molar refractivity (Wildman–Crippen MR) is 63.1 cm³/mol. The lowest BCUT2D eigenvalue weighted by atomic mass is 9.94. The minimum Gasteiger partial charge on any atom is -0.491 e. The SMILES string of the molecule is CC(C)(COc1ccccc1Cl)C(=O)NN. The van der Waals surface area contributed by atoms with Crippen LogP contribution < -0.4 is 16.0 Å². The van der Waals surface area contributed by atoms with Gasteiger partial charge in [-0.25, -0.2) is 5.84 Å². The van der Waals surface area contributed by atoms with Crippen LogP contribution in [0.2, 0.25) is 5.02 Å². The number of rotatable bonds is 4. The molecule has 0 aromatic heterocycles. The molecule has 0 fully saturated rings. The van der Waals surface area contributed by atoms with Crippen LogP contribution in [-0.4, -0.2) is 12.5 Å². The van der Waals surface area contributed by atoms with Gasteiger partial charge in [-0.3, -0.25) is 10.2 Å². The van der Waals surface area contributed by atoms with E-state index in [1.165, 1.54) is 0 Å². The Labute approximate surface area is 99.7 Å². The zero-order valence-corrected chi connectivity index (χ0v) is 10.0.